The molecule has 6 aromatic carbocycles. The maximum atomic E-state index is 13.8. The van der Waals surface area contributed by atoms with Crippen LogP contribution in [0.5, 0.6) is 0 Å². The molecular formula is C46H42O7. The van der Waals surface area contributed by atoms with Crippen molar-refractivity contribution >= 4 is 5.97 Å². The Bertz CT molecular complexity index is 1880. The van der Waals surface area contributed by atoms with E-state index in [1.165, 1.54) is 0 Å². The summed E-state index contributed by atoms with van der Waals surface area (Å²) in [7, 11) is 0. The van der Waals surface area contributed by atoms with Crippen LogP contribution in [0.25, 0.3) is 0 Å². The molecule has 0 amide bonds. The Balaban J connectivity index is 1.28. The molecule has 1 aliphatic rings. The van der Waals surface area contributed by atoms with Gasteiger partial charge >= 0.3 is 5.97 Å². The Morgan fingerprint density at radius 3 is 1.38 bits per heavy atom. The molecule has 0 aliphatic carbocycles. The van der Waals surface area contributed by atoms with E-state index in [2.05, 4.69) is 0 Å². The van der Waals surface area contributed by atoms with Crippen LogP contribution in [-0.4, -0.2) is 48.4 Å². The van der Waals surface area contributed by atoms with Crippen molar-refractivity contribution < 1.29 is 33.6 Å². The topological polar surface area (TPSA) is 83.5 Å². The van der Waals surface area contributed by atoms with Gasteiger partial charge in [-0.2, -0.15) is 0 Å². The SMILES string of the molecule is O=C(O[C@H]1[C@H](OCc2ccccc2)[C@@H](OCc2ccccc2)[C@@H](O)O[C@@H]1COC(c1ccccc1)(c1ccccc1)c1ccccc1)c1ccccc1. The second-order valence-corrected chi connectivity index (χ2v) is 12.9. The van der Waals surface area contributed by atoms with E-state index in [1.54, 1.807) is 24.3 Å². The standard InChI is InChI=1S/C46H42O7/c47-44(36-23-11-3-12-24-36)53-41-40(33-51-46(37-25-13-4-14-26-37,38-27-15-5-16-28-38)39-29-17-6-18-30-39)52-45(48)43(50-32-35-21-9-2-10-22-35)42(41)49-31-34-19-7-1-8-20-34/h1-30,40-43,45,48H,31-33H2/t40-,41-,42+,43-,45+/m1/s1. The van der Waals surface area contributed by atoms with Gasteiger partial charge in [-0.3, -0.25) is 0 Å². The lowest BCUT2D eigenvalue weighted by Gasteiger charge is -2.45. The minimum absolute atomic E-state index is 0.0842. The second-order valence-electron chi connectivity index (χ2n) is 12.9. The van der Waals surface area contributed by atoms with E-state index < -0.39 is 42.3 Å². The third-order valence-electron chi connectivity index (χ3n) is 9.44. The van der Waals surface area contributed by atoms with Gasteiger partial charge in [-0.15, -0.1) is 0 Å². The minimum atomic E-state index is -1.43. The summed E-state index contributed by atoms with van der Waals surface area (Å²) in [5.74, 6) is -0.559. The summed E-state index contributed by atoms with van der Waals surface area (Å²) in [6, 6.07) is 58.1. The lowest BCUT2D eigenvalue weighted by molar-refractivity contribution is -0.310. The molecule has 0 spiro atoms. The highest BCUT2D eigenvalue weighted by atomic mass is 16.7. The van der Waals surface area contributed by atoms with E-state index in [9.17, 15) is 9.90 Å². The van der Waals surface area contributed by atoms with Crippen LogP contribution in [0, 0.1) is 0 Å². The van der Waals surface area contributed by atoms with Crippen molar-refractivity contribution in [3.63, 3.8) is 0 Å². The van der Waals surface area contributed by atoms with Crippen molar-refractivity contribution in [2.45, 2.75) is 49.5 Å². The van der Waals surface area contributed by atoms with Gasteiger partial charge in [-0.25, -0.2) is 4.79 Å². The van der Waals surface area contributed by atoms with Crippen LogP contribution in [0.1, 0.15) is 38.2 Å². The van der Waals surface area contributed by atoms with Crippen LogP contribution in [0.15, 0.2) is 182 Å². The van der Waals surface area contributed by atoms with E-state index in [4.69, 9.17) is 23.7 Å². The molecule has 7 rings (SSSR count). The Labute approximate surface area is 310 Å². The van der Waals surface area contributed by atoms with Gasteiger partial charge in [-0.1, -0.05) is 170 Å². The van der Waals surface area contributed by atoms with Gasteiger partial charge < -0.3 is 28.8 Å². The van der Waals surface area contributed by atoms with Crippen LogP contribution in [-0.2, 0) is 42.5 Å². The number of esters is 1. The monoisotopic (exact) mass is 706 g/mol. The van der Waals surface area contributed by atoms with Gasteiger partial charge in [0.2, 0.25) is 0 Å². The number of hydrogen-bond donors (Lipinski definition) is 1. The molecule has 7 heteroatoms. The van der Waals surface area contributed by atoms with Crippen LogP contribution in [0.3, 0.4) is 0 Å². The second kappa shape index (κ2) is 17.4. The molecule has 53 heavy (non-hydrogen) atoms. The summed E-state index contributed by atoms with van der Waals surface area (Å²) < 4.78 is 32.8. The number of aliphatic hydroxyl groups is 1. The molecule has 1 saturated heterocycles. The van der Waals surface area contributed by atoms with E-state index >= 15 is 0 Å². The summed E-state index contributed by atoms with van der Waals surface area (Å²) in [5, 5.41) is 11.7. The first-order chi connectivity index (χ1) is 26.1. The number of carbonyl (C=O) groups is 1. The first kappa shape index (κ1) is 36.0. The van der Waals surface area contributed by atoms with Crippen LogP contribution >= 0.6 is 0 Å². The van der Waals surface area contributed by atoms with Crippen molar-refractivity contribution in [3.8, 4) is 0 Å². The number of ether oxygens (including phenoxy) is 5. The molecule has 1 N–H and O–H groups in total. The maximum absolute atomic E-state index is 13.8. The highest BCUT2D eigenvalue weighted by Gasteiger charge is 2.51. The molecule has 7 nitrogen and oxygen atoms in total. The summed E-state index contributed by atoms with van der Waals surface area (Å²) in [6.07, 6.45) is -5.39. The smallest absolute Gasteiger partial charge is 0.338 e. The predicted molar refractivity (Wildman–Crippen MR) is 202 cm³/mol. The average molecular weight is 707 g/mol. The summed E-state index contributed by atoms with van der Waals surface area (Å²) >= 11 is 0. The minimum Gasteiger partial charge on any atom is -0.453 e. The Morgan fingerprint density at radius 1 is 0.528 bits per heavy atom. The van der Waals surface area contributed by atoms with Crippen molar-refractivity contribution in [2.75, 3.05) is 6.61 Å². The Kier molecular flexibility index (Phi) is 11.8. The Hall–Kier alpha value is -5.41. The quantitative estimate of drug-likeness (QED) is 0.0906. The first-order valence-electron chi connectivity index (χ1n) is 17.8. The molecule has 0 aromatic heterocycles. The molecule has 6 aromatic rings. The fourth-order valence-corrected chi connectivity index (χ4v) is 6.81. The molecule has 5 atom stereocenters. The zero-order valence-corrected chi connectivity index (χ0v) is 29.2. The molecule has 1 aliphatic heterocycles. The van der Waals surface area contributed by atoms with Crippen molar-refractivity contribution in [1.29, 1.82) is 0 Å². The van der Waals surface area contributed by atoms with Gasteiger partial charge in [0.15, 0.2) is 12.4 Å². The Morgan fingerprint density at radius 2 is 0.925 bits per heavy atom. The lowest BCUT2D eigenvalue weighted by atomic mass is 9.80. The predicted octanol–water partition coefficient (Wildman–Crippen LogP) is 8.11. The first-order valence-corrected chi connectivity index (χ1v) is 17.8. The molecule has 0 unspecified atom stereocenters. The lowest BCUT2D eigenvalue weighted by Crippen LogP contribution is -2.62. The average Bonchev–Trinajstić information content (AvgIpc) is 3.23. The van der Waals surface area contributed by atoms with E-state index in [1.807, 2.05) is 158 Å². The number of rotatable bonds is 14. The van der Waals surface area contributed by atoms with E-state index in [0.29, 0.717) is 5.56 Å². The number of benzene rings is 6. The largest absolute Gasteiger partial charge is 0.453 e. The zero-order valence-electron chi connectivity index (χ0n) is 29.2. The molecule has 1 heterocycles. The fraction of sp³-hybridized carbons (Fsp3) is 0.196. The third kappa shape index (κ3) is 8.47. The summed E-state index contributed by atoms with van der Waals surface area (Å²) in [5.41, 5.74) is 3.78. The molecule has 0 saturated carbocycles. The number of carbonyl (C=O) groups excluding carboxylic acids is 1. The summed E-state index contributed by atoms with van der Waals surface area (Å²) in [6.45, 7) is 0.272. The normalized spacial score (nSPS) is 20.1. The number of aliphatic hydroxyl groups excluding tert-OH is 1. The van der Waals surface area contributed by atoms with Gasteiger partial charge in [0.05, 0.1) is 25.4 Å². The van der Waals surface area contributed by atoms with E-state index in [-0.39, 0.29) is 19.8 Å². The van der Waals surface area contributed by atoms with Gasteiger partial charge in [0, 0.05) is 0 Å². The third-order valence-corrected chi connectivity index (χ3v) is 9.44. The highest BCUT2D eigenvalue weighted by molar-refractivity contribution is 5.89. The molecule has 0 bridgehead atoms. The summed E-state index contributed by atoms with van der Waals surface area (Å²) in [4.78, 5) is 13.8. The molecule has 268 valence electrons. The van der Waals surface area contributed by atoms with Crippen molar-refractivity contribution in [3.05, 3.63) is 215 Å². The van der Waals surface area contributed by atoms with Crippen LogP contribution < -0.4 is 0 Å². The van der Waals surface area contributed by atoms with Crippen LogP contribution in [0.2, 0.25) is 0 Å². The highest BCUT2D eigenvalue weighted by Crippen LogP contribution is 2.41. The van der Waals surface area contributed by atoms with E-state index in [0.717, 1.165) is 27.8 Å². The fourth-order valence-electron chi connectivity index (χ4n) is 6.81. The van der Waals surface area contributed by atoms with Crippen LogP contribution in [0.4, 0.5) is 0 Å². The molecular weight excluding hydrogens is 664 g/mol. The van der Waals surface area contributed by atoms with Crippen molar-refractivity contribution in [2.24, 2.45) is 0 Å². The zero-order chi connectivity index (χ0) is 36.3. The van der Waals surface area contributed by atoms with Gasteiger partial charge in [-0.05, 0) is 39.9 Å². The molecule has 1 fully saturated rings. The maximum Gasteiger partial charge on any atom is 0.338 e. The van der Waals surface area contributed by atoms with Gasteiger partial charge in [0.25, 0.3) is 0 Å². The number of hydrogen-bond acceptors (Lipinski definition) is 7. The van der Waals surface area contributed by atoms with Crippen molar-refractivity contribution in [1.82, 2.24) is 0 Å². The molecule has 0 radical (unpaired) electrons. The van der Waals surface area contributed by atoms with Gasteiger partial charge in [0.1, 0.15) is 23.9 Å².